The molecule has 1 saturated heterocycles. The average molecular weight is 175 g/mol. The minimum atomic E-state index is -1.16. The molecule has 1 heterocycles. The van der Waals surface area contributed by atoms with Gasteiger partial charge in [-0.25, -0.2) is 0 Å². The molecule has 1 rings (SSSR count). The van der Waals surface area contributed by atoms with Crippen molar-refractivity contribution < 1.29 is 14.6 Å². The molecule has 1 aliphatic rings. The maximum Gasteiger partial charge on any atom is 0.190 e. The highest BCUT2D eigenvalue weighted by Gasteiger charge is 2.34. The summed E-state index contributed by atoms with van der Waals surface area (Å²) in [6, 6.07) is 0. The predicted molar refractivity (Wildman–Crippen MR) is 44.9 cm³/mol. The van der Waals surface area contributed by atoms with E-state index in [9.17, 15) is 5.11 Å². The van der Waals surface area contributed by atoms with Crippen molar-refractivity contribution in [3.8, 4) is 0 Å². The second kappa shape index (κ2) is 4.18. The highest BCUT2D eigenvalue weighted by Crippen LogP contribution is 2.16. The Morgan fingerprint density at radius 2 is 2.50 bits per heavy atom. The molecule has 2 atom stereocenters. The molecule has 0 aromatic rings. The van der Waals surface area contributed by atoms with Crippen molar-refractivity contribution in [3.05, 3.63) is 0 Å². The fourth-order valence-electron chi connectivity index (χ4n) is 1.29. The molecule has 12 heavy (non-hydrogen) atoms. The molecule has 0 spiro atoms. The molecule has 4 heteroatoms. The number of rotatable bonds is 3. The van der Waals surface area contributed by atoms with Crippen molar-refractivity contribution in [1.82, 2.24) is 5.32 Å². The van der Waals surface area contributed by atoms with Crippen LogP contribution >= 0.6 is 0 Å². The van der Waals surface area contributed by atoms with Crippen LogP contribution in [0, 0.1) is 0 Å². The van der Waals surface area contributed by atoms with Crippen molar-refractivity contribution >= 4 is 0 Å². The average Bonchev–Trinajstić information content (AvgIpc) is 2.06. The minimum Gasteiger partial charge on any atom is -0.370 e. The molecule has 4 nitrogen and oxygen atoms in total. The Balaban J connectivity index is 2.41. The second-order valence-corrected chi connectivity index (χ2v) is 3.05. The molecule has 0 bridgehead atoms. The number of morpholine rings is 1. The van der Waals surface area contributed by atoms with Gasteiger partial charge in [0.2, 0.25) is 0 Å². The highest BCUT2D eigenvalue weighted by molar-refractivity contribution is 4.78. The van der Waals surface area contributed by atoms with E-state index in [1.807, 2.05) is 6.92 Å². The third-order valence-corrected chi connectivity index (χ3v) is 1.96. The lowest BCUT2D eigenvalue weighted by Gasteiger charge is -2.35. The molecule has 72 valence electrons. The molecule has 0 radical (unpaired) electrons. The lowest BCUT2D eigenvalue weighted by atomic mass is 10.1. The van der Waals surface area contributed by atoms with Gasteiger partial charge in [-0.2, -0.15) is 0 Å². The molecule has 0 aromatic carbocycles. The Bertz CT molecular complexity index is 132. The summed E-state index contributed by atoms with van der Waals surface area (Å²) >= 11 is 0. The Kier molecular flexibility index (Phi) is 3.46. The first-order valence-corrected chi connectivity index (χ1v) is 4.35. The van der Waals surface area contributed by atoms with Gasteiger partial charge < -0.3 is 19.9 Å². The zero-order valence-electron chi connectivity index (χ0n) is 7.67. The lowest BCUT2D eigenvalue weighted by Crippen LogP contribution is -2.53. The van der Waals surface area contributed by atoms with Crippen molar-refractivity contribution in [2.24, 2.45) is 0 Å². The van der Waals surface area contributed by atoms with E-state index in [1.165, 1.54) is 0 Å². The maximum atomic E-state index is 9.75. The van der Waals surface area contributed by atoms with Gasteiger partial charge in [-0.1, -0.05) is 0 Å². The van der Waals surface area contributed by atoms with E-state index in [1.54, 1.807) is 6.92 Å². The lowest BCUT2D eigenvalue weighted by molar-refractivity contribution is -0.257. The Morgan fingerprint density at radius 1 is 1.75 bits per heavy atom. The van der Waals surface area contributed by atoms with Gasteiger partial charge in [0.25, 0.3) is 0 Å². The monoisotopic (exact) mass is 175 g/mol. The van der Waals surface area contributed by atoms with E-state index in [0.717, 1.165) is 6.54 Å². The zero-order valence-corrected chi connectivity index (χ0v) is 7.67. The first-order chi connectivity index (χ1) is 5.67. The van der Waals surface area contributed by atoms with Crippen LogP contribution in [0.15, 0.2) is 0 Å². The van der Waals surface area contributed by atoms with Crippen LogP contribution in [0.25, 0.3) is 0 Å². The SMILES string of the molecule is CCOC(C)(O)C1CNCCO1. The van der Waals surface area contributed by atoms with Crippen molar-refractivity contribution in [1.29, 1.82) is 0 Å². The summed E-state index contributed by atoms with van der Waals surface area (Å²) in [6.07, 6.45) is -0.258. The summed E-state index contributed by atoms with van der Waals surface area (Å²) in [4.78, 5) is 0. The predicted octanol–water partition coefficient (Wildman–Crippen LogP) is -0.280. The minimum absolute atomic E-state index is 0.258. The molecule has 1 fully saturated rings. The van der Waals surface area contributed by atoms with Crippen LogP contribution in [0.3, 0.4) is 0 Å². The van der Waals surface area contributed by atoms with E-state index < -0.39 is 5.79 Å². The molecule has 2 unspecified atom stereocenters. The summed E-state index contributed by atoms with van der Waals surface area (Å²) in [5.41, 5.74) is 0. The van der Waals surface area contributed by atoms with Crippen LogP contribution in [0.1, 0.15) is 13.8 Å². The van der Waals surface area contributed by atoms with Gasteiger partial charge in [0.1, 0.15) is 6.10 Å². The van der Waals surface area contributed by atoms with Crippen LogP contribution in [-0.4, -0.2) is 43.3 Å². The van der Waals surface area contributed by atoms with Crippen LogP contribution in [0.4, 0.5) is 0 Å². The van der Waals surface area contributed by atoms with Crippen LogP contribution in [0.5, 0.6) is 0 Å². The zero-order chi connectivity index (χ0) is 9.03. The normalized spacial score (nSPS) is 29.8. The number of nitrogens with one attached hydrogen (secondary N) is 1. The smallest absolute Gasteiger partial charge is 0.190 e. The molecule has 0 saturated carbocycles. The van der Waals surface area contributed by atoms with E-state index in [0.29, 0.717) is 19.8 Å². The Morgan fingerprint density at radius 3 is 3.00 bits per heavy atom. The Hall–Kier alpha value is -0.160. The van der Waals surface area contributed by atoms with Gasteiger partial charge in [-0.3, -0.25) is 0 Å². The molecule has 0 amide bonds. The fraction of sp³-hybridized carbons (Fsp3) is 1.00. The molecule has 0 aromatic heterocycles. The second-order valence-electron chi connectivity index (χ2n) is 3.05. The summed E-state index contributed by atoms with van der Waals surface area (Å²) in [5.74, 6) is -1.16. The first kappa shape index (κ1) is 9.92. The van der Waals surface area contributed by atoms with Gasteiger partial charge in [0.15, 0.2) is 5.79 Å². The van der Waals surface area contributed by atoms with Crippen molar-refractivity contribution in [3.63, 3.8) is 0 Å². The molecular weight excluding hydrogens is 158 g/mol. The number of aliphatic hydroxyl groups is 1. The van der Waals surface area contributed by atoms with E-state index in [2.05, 4.69) is 5.32 Å². The van der Waals surface area contributed by atoms with Crippen molar-refractivity contribution in [2.45, 2.75) is 25.7 Å². The van der Waals surface area contributed by atoms with Crippen LogP contribution in [0.2, 0.25) is 0 Å². The summed E-state index contributed by atoms with van der Waals surface area (Å²) < 4.78 is 10.5. The topological polar surface area (TPSA) is 50.7 Å². The summed E-state index contributed by atoms with van der Waals surface area (Å²) in [7, 11) is 0. The Labute approximate surface area is 72.9 Å². The van der Waals surface area contributed by atoms with Gasteiger partial charge in [0, 0.05) is 19.7 Å². The van der Waals surface area contributed by atoms with Crippen molar-refractivity contribution in [2.75, 3.05) is 26.3 Å². The summed E-state index contributed by atoms with van der Waals surface area (Å²) in [6.45, 7) is 6.10. The van der Waals surface area contributed by atoms with Gasteiger partial charge in [-0.05, 0) is 13.8 Å². The highest BCUT2D eigenvalue weighted by atomic mass is 16.7. The standard InChI is InChI=1S/C8H17NO3/c1-3-12-8(2,10)7-6-9-4-5-11-7/h7,9-10H,3-6H2,1-2H3. The van der Waals surface area contributed by atoms with E-state index >= 15 is 0 Å². The largest absolute Gasteiger partial charge is 0.370 e. The third kappa shape index (κ3) is 2.42. The number of hydrogen-bond acceptors (Lipinski definition) is 4. The fourth-order valence-corrected chi connectivity index (χ4v) is 1.29. The molecular formula is C8H17NO3. The van der Waals surface area contributed by atoms with Gasteiger partial charge in [-0.15, -0.1) is 0 Å². The number of ether oxygens (including phenoxy) is 2. The quantitative estimate of drug-likeness (QED) is 0.579. The van der Waals surface area contributed by atoms with E-state index in [4.69, 9.17) is 9.47 Å². The molecule has 1 aliphatic heterocycles. The molecule has 0 aliphatic carbocycles. The molecule has 2 N–H and O–H groups in total. The van der Waals surface area contributed by atoms with E-state index in [-0.39, 0.29) is 6.10 Å². The van der Waals surface area contributed by atoms with Gasteiger partial charge in [0.05, 0.1) is 6.61 Å². The summed E-state index contributed by atoms with van der Waals surface area (Å²) in [5, 5.41) is 12.9. The van der Waals surface area contributed by atoms with Crippen LogP contribution in [-0.2, 0) is 9.47 Å². The van der Waals surface area contributed by atoms with Crippen LogP contribution < -0.4 is 5.32 Å². The van der Waals surface area contributed by atoms with Gasteiger partial charge >= 0.3 is 0 Å². The number of hydrogen-bond donors (Lipinski definition) is 2. The maximum absolute atomic E-state index is 9.75. The first-order valence-electron chi connectivity index (χ1n) is 4.35. The third-order valence-electron chi connectivity index (χ3n) is 1.96.